The minimum atomic E-state index is -0.845. The van der Waals surface area contributed by atoms with Gasteiger partial charge in [-0.15, -0.1) is 0 Å². The predicted octanol–water partition coefficient (Wildman–Crippen LogP) is 1.06. The average molecular weight is 423 g/mol. The molecule has 2 rings (SSSR count). The van der Waals surface area contributed by atoms with Crippen LogP contribution in [-0.2, 0) is 16.6 Å². The first-order valence-electron chi connectivity index (χ1n) is 9.61. The van der Waals surface area contributed by atoms with Gasteiger partial charge in [0.05, 0.1) is 16.8 Å². The minimum absolute atomic E-state index is 0.104. The summed E-state index contributed by atoms with van der Waals surface area (Å²) in [4.78, 5) is 37.3. The van der Waals surface area contributed by atoms with E-state index in [-0.39, 0.29) is 34.9 Å². The van der Waals surface area contributed by atoms with E-state index >= 15 is 0 Å². The van der Waals surface area contributed by atoms with Crippen LogP contribution in [0.2, 0.25) is 5.02 Å². The quantitative estimate of drug-likeness (QED) is 0.576. The second-order valence-corrected chi connectivity index (χ2v) is 8.11. The SMILES string of the molecule is Cc1nn(C)c(C(=O)N[C@@H](CC(C)C)C(=O)N[C@H](C#N)C[C@@H]2CCNC2=O)c1Cl. The van der Waals surface area contributed by atoms with Gasteiger partial charge in [-0.25, -0.2) is 0 Å². The molecule has 0 spiro atoms. The number of nitriles is 1. The molecule has 1 aliphatic heterocycles. The van der Waals surface area contributed by atoms with E-state index in [4.69, 9.17) is 11.6 Å². The summed E-state index contributed by atoms with van der Waals surface area (Å²) >= 11 is 6.17. The molecule has 0 unspecified atom stereocenters. The number of aromatic nitrogens is 2. The number of nitrogens with one attached hydrogen (secondary N) is 3. The first-order chi connectivity index (χ1) is 13.6. The summed E-state index contributed by atoms with van der Waals surface area (Å²) in [6.07, 6.45) is 1.26. The van der Waals surface area contributed by atoms with Crippen molar-refractivity contribution in [3.05, 3.63) is 16.4 Å². The maximum atomic E-state index is 12.8. The van der Waals surface area contributed by atoms with Crippen molar-refractivity contribution < 1.29 is 14.4 Å². The van der Waals surface area contributed by atoms with E-state index in [2.05, 4.69) is 21.0 Å². The van der Waals surface area contributed by atoms with Gasteiger partial charge in [-0.3, -0.25) is 19.1 Å². The van der Waals surface area contributed by atoms with Crippen molar-refractivity contribution in [1.82, 2.24) is 25.7 Å². The minimum Gasteiger partial charge on any atom is -0.356 e. The molecular formula is C19H27ClN6O3. The summed E-state index contributed by atoms with van der Waals surface area (Å²) < 4.78 is 1.37. The fourth-order valence-corrected chi connectivity index (χ4v) is 3.63. The fraction of sp³-hybridized carbons (Fsp3) is 0.632. The Hall–Kier alpha value is -2.60. The van der Waals surface area contributed by atoms with Crippen molar-refractivity contribution in [2.75, 3.05) is 6.54 Å². The van der Waals surface area contributed by atoms with Crippen LogP contribution in [0.4, 0.5) is 0 Å². The Bertz CT molecular complexity index is 829. The molecular weight excluding hydrogens is 396 g/mol. The monoisotopic (exact) mass is 422 g/mol. The van der Waals surface area contributed by atoms with Gasteiger partial charge in [-0.2, -0.15) is 10.4 Å². The molecule has 0 bridgehead atoms. The van der Waals surface area contributed by atoms with Gasteiger partial charge in [0.25, 0.3) is 5.91 Å². The van der Waals surface area contributed by atoms with Gasteiger partial charge < -0.3 is 16.0 Å². The summed E-state index contributed by atoms with van der Waals surface area (Å²) in [5, 5.41) is 21.8. The second kappa shape index (κ2) is 9.74. The zero-order valence-electron chi connectivity index (χ0n) is 17.1. The summed E-state index contributed by atoms with van der Waals surface area (Å²) in [7, 11) is 1.60. The van der Waals surface area contributed by atoms with Crippen LogP contribution in [0.5, 0.6) is 0 Å². The number of hydrogen-bond donors (Lipinski definition) is 3. The molecule has 3 atom stereocenters. The highest BCUT2D eigenvalue weighted by molar-refractivity contribution is 6.34. The van der Waals surface area contributed by atoms with E-state index in [1.807, 2.05) is 19.9 Å². The van der Waals surface area contributed by atoms with Crippen molar-refractivity contribution in [1.29, 1.82) is 5.26 Å². The lowest BCUT2D eigenvalue weighted by Gasteiger charge is -2.22. The summed E-state index contributed by atoms with van der Waals surface area (Å²) in [5.41, 5.74) is 0.689. The Morgan fingerprint density at radius 1 is 1.41 bits per heavy atom. The molecule has 2 heterocycles. The molecule has 1 aromatic heterocycles. The molecule has 0 saturated carbocycles. The molecule has 0 radical (unpaired) electrons. The topological polar surface area (TPSA) is 129 Å². The van der Waals surface area contributed by atoms with Crippen LogP contribution in [0.3, 0.4) is 0 Å². The Labute approximate surface area is 175 Å². The molecule has 10 heteroatoms. The first kappa shape index (κ1) is 22.7. The van der Waals surface area contributed by atoms with Crippen LogP contribution < -0.4 is 16.0 Å². The van der Waals surface area contributed by atoms with Crippen molar-refractivity contribution >= 4 is 29.3 Å². The van der Waals surface area contributed by atoms with Gasteiger partial charge in [0.1, 0.15) is 17.8 Å². The second-order valence-electron chi connectivity index (χ2n) is 7.73. The van der Waals surface area contributed by atoms with E-state index in [9.17, 15) is 19.6 Å². The molecule has 3 amide bonds. The Morgan fingerprint density at radius 3 is 2.59 bits per heavy atom. The standard InChI is InChI=1S/C19H27ClN6O3/c1-10(2)7-14(24-19(29)16-15(20)11(3)25-26(16)4)18(28)23-13(9-21)8-12-5-6-22-17(12)27/h10,12-14H,5-8H2,1-4H3,(H,22,27)(H,23,28)(H,24,29)/t12-,13-,14-/m0/s1. The first-order valence-corrected chi connectivity index (χ1v) is 9.99. The number of aryl methyl sites for hydroxylation is 2. The molecule has 1 aromatic rings. The van der Waals surface area contributed by atoms with E-state index in [0.717, 1.165) is 0 Å². The lowest BCUT2D eigenvalue weighted by Crippen LogP contribution is -2.50. The van der Waals surface area contributed by atoms with Crippen molar-refractivity contribution in [3.8, 4) is 6.07 Å². The largest absolute Gasteiger partial charge is 0.356 e. The van der Waals surface area contributed by atoms with Crippen molar-refractivity contribution in [3.63, 3.8) is 0 Å². The number of rotatable bonds is 8. The van der Waals surface area contributed by atoms with Gasteiger partial charge in [-0.05, 0) is 32.1 Å². The van der Waals surface area contributed by atoms with Crippen LogP contribution in [-0.4, -0.2) is 46.1 Å². The normalized spacial score (nSPS) is 18.1. The average Bonchev–Trinajstić information content (AvgIpc) is 3.15. The van der Waals surface area contributed by atoms with Crippen LogP contribution in [0.25, 0.3) is 0 Å². The molecule has 3 N–H and O–H groups in total. The van der Waals surface area contributed by atoms with Gasteiger partial charge >= 0.3 is 0 Å². The lowest BCUT2D eigenvalue weighted by molar-refractivity contribution is -0.125. The number of nitrogens with zero attached hydrogens (tertiary/aromatic N) is 3. The maximum absolute atomic E-state index is 12.8. The highest BCUT2D eigenvalue weighted by Gasteiger charge is 2.31. The Kier molecular flexibility index (Phi) is 7.62. The molecule has 1 saturated heterocycles. The predicted molar refractivity (Wildman–Crippen MR) is 107 cm³/mol. The van der Waals surface area contributed by atoms with Gasteiger partial charge in [-0.1, -0.05) is 25.4 Å². The number of halogens is 1. The molecule has 29 heavy (non-hydrogen) atoms. The summed E-state index contributed by atoms with van der Waals surface area (Å²) in [6, 6.07) is 0.376. The Morgan fingerprint density at radius 2 is 2.10 bits per heavy atom. The zero-order chi connectivity index (χ0) is 21.7. The van der Waals surface area contributed by atoms with Crippen LogP contribution in [0.1, 0.15) is 49.3 Å². The molecule has 1 aliphatic rings. The zero-order valence-corrected chi connectivity index (χ0v) is 17.8. The summed E-state index contributed by atoms with van der Waals surface area (Å²) in [5.74, 6) is -1.26. The molecule has 158 valence electrons. The van der Waals surface area contributed by atoms with Crippen LogP contribution in [0, 0.1) is 30.1 Å². The summed E-state index contributed by atoms with van der Waals surface area (Å²) in [6.45, 7) is 6.12. The van der Waals surface area contributed by atoms with E-state index < -0.39 is 23.9 Å². The maximum Gasteiger partial charge on any atom is 0.271 e. The van der Waals surface area contributed by atoms with Gasteiger partial charge in [0.15, 0.2) is 0 Å². The molecule has 0 aromatic carbocycles. The lowest BCUT2D eigenvalue weighted by atomic mass is 9.98. The van der Waals surface area contributed by atoms with E-state index in [0.29, 0.717) is 25.1 Å². The highest BCUT2D eigenvalue weighted by atomic mass is 35.5. The molecule has 0 aliphatic carbocycles. The third kappa shape index (κ3) is 5.70. The number of carbonyl (C=O) groups is 3. The molecule has 9 nitrogen and oxygen atoms in total. The van der Waals surface area contributed by atoms with E-state index in [1.165, 1.54) is 4.68 Å². The molecule has 1 fully saturated rings. The fourth-order valence-electron chi connectivity index (χ4n) is 3.38. The number of carbonyl (C=O) groups excluding carboxylic acids is 3. The highest BCUT2D eigenvalue weighted by Crippen LogP contribution is 2.20. The van der Waals surface area contributed by atoms with Crippen LogP contribution >= 0.6 is 11.6 Å². The van der Waals surface area contributed by atoms with Gasteiger partial charge in [0, 0.05) is 19.5 Å². The number of amides is 3. The third-order valence-corrected chi connectivity index (χ3v) is 5.30. The Balaban J connectivity index is 2.09. The van der Waals surface area contributed by atoms with Gasteiger partial charge in [0.2, 0.25) is 11.8 Å². The number of hydrogen-bond acceptors (Lipinski definition) is 5. The van der Waals surface area contributed by atoms with Crippen molar-refractivity contribution in [2.24, 2.45) is 18.9 Å². The van der Waals surface area contributed by atoms with E-state index in [1.54, 1.807) is 14.0 Å². The third-order valence-electron chi connectivity index (χ3n) is 4.85. The van der Waals surface area contributed by atoms with Crippen molar-refractivity contribution in [2.45, 2.75) is 52.1 Å². The smallest absolute Gasteiger partial charge is 0.271 e. The van der Waals surface area contributed by atoms with Crippen LogP contribution in [0.15, 0.2) is 0 Å².